The van der Waals surface area contributed by atoms with Gasteiger partial charge in [0.1, 0.15) is 0 Å². The number of hydrogen-bond acceptors (Lipinski definition) is 3. The maximum Gasteiger partial charge on any atom is 0.254 e. The monoisotopic (exact) mass is 393 g/mol. The lowest BCUT2D eigenvalue weighted by Crippen LogP contribution is -2.26. The van der Waals surface area contributed by atoms with Crippen LogP contribution in [-0.2, 0) is 11.2 Å². The minimum absolute atomic E-state index is 0.0836. The maximum atomic E-state index is 12.4. The van der Waals surface area contributed by atoms with E-state index in [-0.39, 0.29) is 12.0 Å². The first kappa shape index (κ1) is 18.7. The number of ether oxygens (including phenoxy) is 1. The quantitative estimate of drug-likeness (QED) is 0.694. The molecule has 0 fully saturated rings. The molecule has 0 radical (unpaired) electrons. The van der Waals surface area contributed by atoms with Crippen LogP contribution in [0.1, 0.15) is 43.2 Å². The van der Waals surface area contributed by atoms with E-state index in [0.717, 1.165) is 28.7 Å². The Labute approximate surface area is 151 Å². The second-order valence-corrected chi connectivity index (χ2v) is 6.69. The number of nitrogens with zero attached hydrogens (tertiary/aromatic N) is 2. The lowest BCUT2D eigenvalue weighted by Gasteiger charge is -2.10. The van der Waals surface area contributed by atoms with Crippen molar-refractivity contribution in [2.24, 2.45) is 0 Å². The van der Waals surface area contributed by atoms with Crippen molar-refractivity contribution in [2.75, 3.05) is 13.2 Å². The zero-order chi connectivity index (χ0) is 17.5. The molecule has 2 aromatic rings. The fraction of sp³-hybridized carbons (Fsp3) is 0.444. The second-order valence-electron chi connectivity index (χ2n) is 5.78. The van der Waals surface area contributed by atoms with Gasteiger partial charge in [-0.1, -0.05) is 22.9 Å². The highest BCUT2D eigenvalue weighted by atomic mass is 79.9. The molecule has 0 aliphatic carbocycles. The molecule has 0 aliphatic rings. The van der Waals surface area contributed by atoms with Gasteiger partial charge in [-0.25, -0.2) is 4.68 Å². The van der Waals surface area contributed by atoms with Crippen LogP contribution in [0.2, 0.25) is 0 Å². The van der Waals surface area contributed by atoms with Gasteiger partial charge in [-0.3, -0.25) is 4.79 Å². The number of halogens is 1. The minimum atomic E-state index is -0.0836. The molecule has 1 aromatic heterocycles. The highest BCUT2D eigenvalue weighted by Gasteiger charge is 2.16. The third kappa shape index (κ3) is 4.92. The molecule has 0 bridgehead atoms. The molecule has 0 saturated carbocycles. The molecular weight excluding hydrogens is 370 g/mol. The van der Waals surface area contributed by atoms with E-state index in [9.17, 15) is 4.79 Å². The Bertz CT molecular complexity index is 665. The largest absolute Gasteiger partial charge is 0.379 e. The summed E-state index contributed by atoms with van der Waals surface area (Å²) in [5.41, 5.74) is 2.48. The molecule has 0 saturated heterocycles. The third-order valence-electron chi connectivity index (χ3n) is 3.58. The zero-order valence-corrected chi connectivity index (χ0v) is 16.0. The SMILES string of the molecule is CCc1c(C(=O)NCCCOC(C)C)cnn1-c1ccc(Br)cc1. The average molecular weight is 394 g/mol. The van der Waals surface area contributed by atoms with Crippen LogP contribution in [0, 0.1) is 0 Å². The molecule has 6 heteroatoms. The Morgan fingerprint density at radius 1 is 1.33 bits per heavy atom. The molecule has 0 spiro atoms. The van der Waals surface area contributed by atoms with Gasteiger partial charge in [-0.05, 0) is 51.0 Å². The Morgan fingerprint density at radius 2 is 2.04 bits per heavy atom. The van der Waals surface area contributed by atoms with Gasteiger partial charge in [-0.2, -0.15) is 5.10 Å². The van der Waals surface area contributed by atoms with Gasteiger partial charge in [0.2, 0.25) is 0 Å². The van der Waals surface area contributed by atoms with E-state index in [1.807, 2.05) is 49.7 Å². The van der Waals surface area contributed by atoms with Crippen LogP contribution in [0.3, 0.4) is 0 Å². The number of nitrogens with one attached hydrogen (secondary N) is 1. The molecular formula is C18H24BrN3O2. The molecule has 24 heavy (non-hydrogen) atoms. The first-order chi connectivity index (χ1) is 11.5. The van der Waals surface area contributed by atoms with E-state index in [4.69, 9.17) is 4.74 Å². The van der Waals surface area contributed by atoms with Gasteiger partial charge in [0, 0.05) is 17.6 Å². The van der Waals surface area contributed by atoms with Crippen LogP contribution in [-0.4, -0.2) is 34.9 Å². The maximum absolute atomic E-state index is 12.4. The molecule has 0 atom stereocenters. The molecule has 5 nitrogen and oxygen atoms in total. The van der Waals surface area contributed by atoms with Crippen molar-refractivity contribution in [3.05, 3.63) is 46.2 Å². The van der Waals surface area contributed by atoms with E-state index in [1.165, 1.54) is 0 Å². The first-order valence-electron chi connectivity index (χ1n) is 8.25. The summed E-state index contributed by atoms with van der Waals surface area (Å²) in [6.07, 6.45) is 3.39. The minimum Gasteiger partial charge on any atom is -0.379 e. The molecule has 1 amide bonds. The van der Waals surface area contributed by atoms with Crippen LogP contribution < -0.4 is 5.32 Å². The predicted molar refractivity (Wildman–Crippen MR) is 98.7 cm³/mol. The van der Waals surface area contributed by atoms with Crippen LogP contribution >= 0.6 is 15.9 Å². The normalized spacial score (nSPS) is 11.0. The number of amides is 1. The summed E-state index contributed by atoms with van der Waals surface area (Å²) < 4.78 is 8.31. The lowest BCUT2D eigenvalue weighted by molar-refractivity contribution is 0.0757. The Balaban J connectivity index is 2.03. The number of carbonyl (C=O) groups excluding carboxylic acids is 1. The van der Waals surface area contributed by atoms with Gasteiger partial charge in [-0.15, -0.1) is 0 Å². The van der Waals surface area contributed by atoms with Crippen molar-refractivity contribution in [2.45, 2.75) is 39.7 Å². The van der Waals surface area contributed by atoms with Gasteiger partial charge < -0.3 is 10.1 Å². The smallest absolute Gasteiger partial charge is 0.254 e. The predicted octanol–water partition coefficient (Wildman–Crippen LogP) is 3.74. The summed E-state index contributed by atoms with van der Waals surface area (Å²) >= 11 is 3.43. The number of benzene rings is 1. The Morgan fingerprint density at radius 3 is 2.67 bits per heavy atom. The summed E-state index contributed by atoms with van der Waals surface area (Å²) in [5.74, 6) is -0.0836. The molecule has 1 aromatic carbocycles. The summed E-state index contributed by atoms with van der Waals surface area (Å²) in [4.78, 5) is 12.4. The van der Waals surface area contributed by atoms with Crippen molar-refractivity contribution in [3.8, 4) is 5.69 Å². The van der Waals surface area contributed by atoms with Gasteiger partial charge >= 0.3 is 0 Å². The second kappa shape index (κ2) is 8.99. The van der Waals surface area contributed by atoms with E-state index in [1.54, 1.807) is 6.20 Å². The summed E-state index contributed by atoms with van der Waals surface area (Å²) in [7, 11) is 0. The lowest BCUT2D eigenvalue weighted by atomic mass is 10.2. The fourth-order valence-corrected chi connectivity index (χ4v) is 2.66. The molecule has 2 rings (SSSR count). The van der Waals surface area contributed by atoms with E-state index in [2.05, 4.69) is 26.3 Å². The third-order valence-corrected chi connectivity index (χ3v) is 4.11. The highest BCUT2D eigenvalue weighted by molar-refractivity contribution is 9.10. The summed E-state index contributed by atoms with van der Waals surface area (Å²) in [6.45, 7) is 7.28. The number of hydrogen-bond donors (Lipinski definition) is 1. The molecule has 130 valence electrons. The molecule has 1 heterocycles. The Kier molecular flexibility index (Phi) is 6.99. The van der Waals surface area contributed by atoms with E-state index in [0.29, 0.717) is 18.7 Å². The Hall–Kier alpha value is -1.66. The van der Waals surface area contributed by atoms with Crippen LogP contribution in [0.4, 0.5) is 0 Å². The van der Waals surface area contributed by atoms with Gasteiger partial charge in [0.25, 0.3) is 5.91 Å². The highest BCUT2D eigenvalue weighted by Crippen LogP contribution is 2.18. The van der Waals surface area contributed by atoms with Crippen molar-refractivity contribution < 1.29 is 9.53 Å². The van der Waals surface area contributed by atoms with Crippen LogP contribution in [0.25, 0.3) is 5.69 Å². The zero-order valence-electron chi connectivity index (χ0n) is 14.4. The first-order valence-corrected chi connectivity index (χ1v) is 9.04. The summed E-state index contributed by atoms with van der Waals surface area (Å²) in [5, 5.41) is 7.33. The van der Waals surface area contributed by atoms with Gasteiger partial charge in [0.05, 0.1) is 29.2 Å². The van der Waals surface area contributed by atoms with Crippen molar-refractivity contribution >= 4 is 21.8 Å². The van der Waals surface area contributed by atoms with Crippen molar-refractivity contribution in [1.82, 2.24) is 15.1 Å². The van der Waals surface area contributed by atoms with Crippen molar-refractivity contribution in [1.29, 1.82) is 0 Å². The van der Waals surface area contributed by atoms with Gasteiger partial charge in [0.15, 0.2) is 0 Å². The van der Waals surface area contributed by atoms with E-state index < -0.39 is 0 Å². The van der Waals surface area contributed by atoms with Crippen LogP contribution in [0.15, 0.2) is 34.9 Å². The number of carbonyl (C=O) groups is 1. The molecule has 1 N–H and O–H groups in total. The van der Waals surface area contributed by atoms with Crippen molar-refractivity contribution in [3.63, 3.8) is 0 Å². The topological polar surface area (TPSA) is 56.1 Å². The summed E-state index contributed by atoms with van der Waals surface area (Å²) in [6, 6.07) is 7.87. The van der Waals surface area contributed by atoms with E-state index >= 15 is 0 Å². The molecule has 0 unspecified atom stereocenters. The standard InChI is InChI=1S/C18H24BrN3O2/c1-4-17-16(18(23)20-10-5-11-24-13(2)3)12-21-22(17)15-8-6-14(19)7-9-15/h6-9,12-13H,4-5,10-11H2,1-3H3,(H,20,23). The number of rotatable bonds is 8. The van der Waals surface area contributed by atoms with Crippen LogP contribution in [0.5, 0.6) is 0 Å². The number of aromatic nitrogens is 2. The fourth-order valence-electron chi connectivity index (χ4n) is 2.40. The average Bonchev–Trinajstić information content (AvgIpc) is 2.98. The molecule has 0 aliphatic heterocycles.